The minimum Gasteiger partial charge on any atom is -0.464 e. The van der Waals surface area contributed by atoms with Gasteiger partial charge in [0.05, 0.1) is 6.26 Å². The highest BCUT2D eigenvalue weighted by Gasteiger charge is 2.57. The van der Waals surface area contributed by atoms with Gasteiger partial charge in [0.15, 0.2) is 0 Å². The molecule has 3 aliphatic heterocycles. The van der Waals surface area contributed by atoms with Crippen LogP contribution in [0, 0.1) is 5.92 Å². The number of benzene rings is 2. The zero-order valence-electron chi connectivity index (χ0n) is 20.2. The van der Waals surface area contributed by atoms with Crippen molar-refractivity contribution in [3.8, 4) is 11.1 Å². The first kappa shape index (κ1) is 21.8. The number of amides is 2. The predicted molar refractivity (Wildman–Crippen MR) is 136 cm³/mol. The molecule has 3 aromatic rings. The molecule has 2 atom stereocenters. The molecule has 36 heavy (non-hydrogen) atoms. The molecule has 1 spiro atoms. The number of amidine groups is 1. The number of ether oxygens (including phenoxy) is 1. The Hall–Kier alpha value is -3.45. The van der Waals surface area contributed by atoms with Gasteiger partial charge in [0.1, 0.15) is 23.1 Å². The number of nitrogens with zero attached hydrogens (tertiary/aromatic N) is 3. The number of fused-ring (bicyclic) bond motifs is 1. The van der Waals surface area contributed by atoms with Crippen molar-refractivity contribution < 1.29 is 18.7 Å². The summed E-state index contributed by atoms with van der Waals surface area (Å²) in [6.07, 6.45) is 5.74. The molecule has 184 valence electrons. The van der Waals surface area contributed by atoms with Crippen LogP contribution in [0.2, 0.25) is 0 Å². The third-order valence-corrected chi connectivity index (χ3v) is 8.11. The number of carbonyl (C=O) groups is 2. The van der Waals surface area contributed by atoms with E-state index < -0.39 is 5.54 Å². The summed E-state index contributed by atoms with van der Waals surface area (Å²) in [6.45, 7) is 2.69. The van der Waals surface area contributed by atoms with Gasteiger partial charge in [-0.3, -0.25) is 19.5 Å². The van der Waals surface area contributed by atoms with Crippen molar-refractivity contribution in [2.24, 2.45) is 10.9 Å². The van der Waals surface area contributed by atoms with Crippen LogP contribution in [0.4, 0.5) is 0 Å². The highest BCUT2D eigenvalue weighted by Crippen LogP contribution is 2.46. The maximum Gasteiger partial charge on any atom is 0.256 e. The average molecular weight is 484 g/mol. The van der Waals surface area contributed by atoms with E-state index in [0.717, 1.165) is 72.1 Å². The Morgan fingerprint density at radius 1 is 1.03 bits per heavy atom. The maximum absolute atomic E-state index is 13.4. The SMILES string of the molecule is O=C([C@@H]1CCCO1)N1CC[C@@H](CN2C(=O)C3(CC3)N=C2c2ccc(-c3ccc4occc4c3)cc2)C1. The number of likely N-dealkylation sites (tertiary alicyclic amines) is 1. The summed E-state index contributed by atoms with van der Waals surface area (Å²) in [5.41, 5.74) is 3.52. The molecule has 0 radical (unpaired) electrons. The summed E-state index contributed by atoms with van der Waals surface area (Å²) in [5, 5.41) is 1.08. The fourth-order valence-corrected chi connectivity index (χ4v) is 5.87. The van der Waals surface area contributed by atoms with Crippen LogP contribution in [0.1, 0.15) is 37.7 Å². The minimum atomic E-state index is -0.549. The van der Waals surface area contributed by atoms with E-state index >= 15 is 0 Å². The Morgan fingerprint density at radius 2 is 1.83 bits per heavy atom. The van der Waals surface area contributed by atoms with Gasteiger partial charge in [0.2, 0.25) is 0 Å². The molecule has 3 fully saturated rings. The van der Waals surface area contributed by atoms with E-state index in [1.807, 2.05) is 21.9 Å². The summed E-state index contributed by atoms with van der Waals surface area (Å²) in [7, 11) is 0. The normalized spacial score (nSPS) is 24.8. The van der Waals surface area contributed by atoms with Crippen LogP contribution in [0.5, 0.6) is 0 Å². The Labute approximate surface area is 209 Å². The van der Waals surface area contributed by atoms with Gasteiger partial charge in [-0.1, -0.05) is 30.3 Å². The lowest BCUT2D eigenvalue weighted by Gasteiger charge is -2.24. The fourth-order valence-electron chi connectivity index (χ4n) is 5.87. The van der Waals surface area contributed by atoms with Gasteiger partial charge in [0, 0.05) is 37.2 Å². The Balaban J connectivity index is 1.09. The molecule has 2 amide bonds. The quantitative estimate of drug-likeness (QED) is 0.544. The molecular weight excluding hydrogens is 454 g/mol. The second-order valence-corrected chi connectivity index (χ2v) is 10.6. The minimum absolute atomic E-state index is 0.111. The topological polar surface area (TPSA) is 75.3 Å². The zero-order chi connectivity index (χ0) is 24.3. The van der Waals surface area contributed by atoms with E-state index in [9.17, 15) is 9.59 Å². The lowest BCUT2D eigenvalue weighted by atomic mass is 10.0. The Morgan fingerprint density at radius 3 is 2.61 bits per heavy atom. The van der Waals surface area contributed by atoms with E-state index in [1.165, 1.54) is 0 Å². The average Bonchev–Trinajstić information content (AvgIpc) is 3.39. The van der Waals surface area contributed by atoms with Crippen molar-refractivity contribution in [2.75, 3.05) is 26.2 Å². The van der Waals surface area contributed by atoms with E-state index in [1.54, 1.807) is 6.26 Å². The number of furan rings is 1. The molecule has 7 rings (SSSR count). The van der Waals surface area contributed by atoms with Crippen LogP contribution in [0.25, 0.3) is 22.1 Å². The first-order valence-electron chi connectivity index (χ1n) is 13.0. The van der Waals surface area contributed by atoms with Crippen molar-refractivity contribution in [3.05, 3.63) is 60.4 Å². The summed E-state index contributed by atoms with van der Waals surface area (Å²) in [6, 6.07) is 16.5. The van der Waals surface area contributed by atoms with E-state index in [0.29, 0.717) is 19.7 Å². The molecule has 1 aliphatic carbocycles. The van der Waals surface area contributed by atoms with Crippen molar-refractivity contribution in [1.29, 1.82) is 0 Å². The fraction of sp³-hybridized carbons (Fsp3) is 0.414. The smallest absolute Gasteiger partial charge is 0.256 e. The standard InChI is InChI=1S/C29H29N3O4/c33-27(25-2-1-14-35-25)31-13-9-19(17-31)18-32-26(30-29(11-12-29)28(32)34)21-5-3-20(4-6-21)22-7-8-24-23(16-22)10-15-36-24/h3-8,10,15-16,19,25H,1-2,9,11-14,17-18H2/t19-,25+/m1/s1. The van der Waals surface area contributed by atoms with E-state index in [2.05, 4.69) is 36.4 Å². The maximum atomic E-state index is 13.4. The first-order chi connectivity index (χ1) is 17.6. The molecule has 7 nitrogen and oxygen atoms in total. The van der Waals surface area contributed by atoms with Crippen LogP contribution in [0.3, 0.4) is 0 Å². The molecular formula is C29H29N3O4. The van der Waals surface area contributed by atoms with Gasteiger partial charge in [0.25, 0.3) is 11.8 Å². The summed E-state index contributed by atoms with van der Waals surface area (Å²) in [5.74, 6) is 1.26. The van der Waals surface area contributed by atoms with Crippen molar-refractivity contribution >= 4 is 28.6 Å². The second kappa shape index (κ2) is 8.30. The number of hydrogen-bond acceptors (Lipinski definition) is 5. The number of aliphatic imine (C=N–C) groups is 1. The molecule has 1 aromatic heterocycles. The van der Waals surface area contributed by atoms with Crippen LogP contribution >= 0.6 is 0 Å². The molecule has 7 heteroatoms. The third kappa shape index (κ3) is 3.64. The highest BCUT2D eigenvalue weighted by molar-refractivity contribution is 6.16. The third-order valence-electron chi connectivity index (χ3n) is 8.11. The van der Waals surface area contributed by atoms with Crippen LogP contribution in [-0.4, -0.2) is 65.3 Å². The molecule has 0 N–H and O–H groups in total. The lowest BCUT2D eigenvalue weighted by Crippen LogP contribution is -2.41. The molecule has 0 unspecified atom stereocenters. The van der Waals surface area contributed by atoms with Gasteiger partial charge < -0.3 is 14.1 Å². The first-order valence-corrected chi connectivity index (χ1v) is 13.0. The summed E-state index contributed by atoms with van der Waals surface area (Å²) >= 11 is 0. The number of hydrogen-bond donors (Lipinski definition) is 0. The van der Waals surface area contributed by atoms with Crippen molar-refractivity contribution in [3.63, 3.8) is 0 Å². The predicted octanol–water partition coefficient (Wildman–Crippen LogP) is 4.25. The monoisotopic (exact) mass is 483 g/mol. The van der Waals surface area contributed by atoms with E-state index in [4.69, 9.17) is 14.1 Å². The van der Waals surface area contributed by atoms with Crippen LogP contribution in [0.15, 0.2) is 64.2 Å². The van der Waals surface area contributed by atoms with Crippen LogP contribution in [-0.2, 0) is 14.3 Å². The molecule has 0 bridgehead atoms. The highest BCUT2D eigenvalue weighted by atomic mass is 16.5. The van der Waals surface area contributed by atoms with Crippen LogP contribution < -0.4 is 0 Å². The van der Waals surface area contributed by atoms with Crippen molar-refractivity contribution in [1.82, 2.24) is 9.80 Å². The lowest BCUT2D eigenvalue weighted by molar-refractivity contribution is -0.139. The molecule has 4 aliphatic rings. The van der Waals surface area contributed by atoms with E-state index in [-0.39, 0.29) is 23.8 Å². The number of rotatable bonds is 5. The summed E-state index contributed by atoms with van der Waals surface area (Å²) in [4.78, 5) is 34.9. The van der Waals surface area contributed by atoms with Gasteiger partial charge in [-0.05, 0) is 67.3 Å². The number of carbonyl (C=O) groups excluding carboxylic acids is 2. The van der Waals surface area contributed by atoms with Gasteiger partial charge in [-0.25, -0.2) is 0 Å². The largest absolute Gasteiger partial charge is 0.464 e. The van der Waals surface area contributed by atoms with Crippen molar-refractivity contribution in [2.45, 2.75) is 43.7 Å². The molecule has 1 saturated carbocycles. The summed E-state index contributed by atoms with van der Waals surface area (Å²) < 4.78 is 11.1. The van der Waals surface area contributed by atoms with Gasteiger partial charge in [-0.2, -0.15) is 0 Å². The Kier molecular flexibility index (Phi) is 5.03. The molecule has 2 aromatic carbocycles. The van der Waals surface area contributed by atoms with Gasteiger partial charge in [-0.15, -0.1) is 0 Å². The molecule has 2 saturated heterocycles. The zero-order valence-corrected chi connectivity index (χ0v) is 20.2. The Bertz CT molecular complexity index is 1360. The second-order valence-electron chi connectivity index (χ2n) is 10.6. The van der Waals surface area contributed by atoms with Gasteiger partial charge >= 0.3 is 0 Å². The molecule has 4 heterocycles.